The van der Waals surface area contributed by atoms with Gasteiger partial charge in [0.2, 0.25) is 0 Å². The van der Waals surface area contributed by atoms with Gasteiger partial charge in [0.1, 0.15) is 11.5 Å². The molecule has 4 heteroatoms. The van der Waals surface area contributed by atoms with Gasteiger partial charge in [-0.05, 0) is 71.0 Å². The molecule has 1 aromatic heterocycles. The lowest BCUT2D eigenvalue weighted by molar-refractivity contribution is 0.436. The third-order valence-corrected chi connectivity index (χ3v) is 10.6. The number of rotatable bonds is 4. The smallest absolute Gasteiger partial charge is 0.160 e. The zero-order valence-corrected chi connectivity index (χ0v) is 28.3. The Labute approximate surface area is 302 Å². The van der Waals surface area contributed by atoms with Gasteiger partial charge in [0.15, 0.2) is 5.82 Å². The maximum absolute atomic E-state index is 10.5. The molecule has 244 valence electrons. The lowest BCUT2D eigenvalue weighted by Crippen LogP contribution is -2.32. The van der Waals surface area contributed by atoms with E-state index in [1.54, 1.807) is 0 Å². The van der Waals surface area contributed by atoms with E-state index in [2.05, 4.69) is 115 Å². The summed E-state index contributed by atoms with van der Waals surface area (Å²) in [5.41, 5.74) is 13.4. The summed E-state index contributed by atoms with van der Waals surface area (Å²) in [6.07, 6.45) is 8.56. The summed E-state index contributed by atoms with van der Waals surface area (Å²) < 4.78 is 6.52. The number of nitriles is 1. The summed E-state index contributed by atoms with van der Waals surface area (Å²) in [7, 11) is 0. The molecule has 0 bridgehead atoms. The van der Waals surface area contributed by atoms with Gasteiger partial charge < -0.3 is 4.74 Å². The van der Waals surface area contributed by atoms with Crippen molar-refractivity contribution in [3.05, 3.63) is 197 Å². The maximum Gasteiger partial charge on any atom is 0.160 e. The first kappa shape index (κ1) is 30.0. The van der Waals surface area contributed by atoms with E-state index >= 15 is 0 Å². The van der Waals surface area contributed by atoms with E-state index in [-0.39, 0.29) is 0 Å². The largest absolute Gasteiger partial charge is 0.457 e. The first-order valence-corrected chi connectivity index (χ1v) is 17.7. The van der Waals surface area contributed by atoms with Crippen LogP contribution in [-0.2, 0) is 5.41 Å². The molecule has 0 fully saturated rings. The molecule has 10 rings (SSSR count). The zero-order valence-electron chi connectivity index (χ0n) is 28.3. The molecule has 0 atom stereocenters. The summed E-state index contributed by atoms with van der Waals surface area (Å²) in [5, 5.41) is 10.5. The summed E-state index contributed by atoms with van der Waals surface area (Å²) >= 11 is 0. The van der Waals surface area contributed by atoms with Crippen LogP contribution in [0.25, 0.3) is 50.3 Å². The summed E-state index contributed by atoms with van der Waals surface area (Å²) in [6, 6.07) is 52.9. The van der Waals surface area contributed by atoms with E-state index < -0.39 is 5.41 Å². The van der Waals surface area contributed by atoms with Crippen LogP contribution in [-0.4, -0.2) is 9.97 Å². The Balaban J connectivity index is 1.21. The SMILES string of the molecule is N#Cc1cccc2c1-c1cc(-c3ccccc3-c3cc(-c4ccccc4)nc(C4=CCCC=C4)n3)ccc1C21c2ccccc2Oc2ccccc21. The minimum absolute atomic E-state index is 0.644. The fourth-order valence-electron chi connectivity index (χ4n) is 8.42. The van der Waals surface area contributed by atoms with E-state index in [0.717, 1.165) is 103 Å². The van der Waals surface area contributed by atoms with Crippen molar-refractivity contribution in [1.82, 2.24) is 9.97 Å². The first-order chi connectivity index (χ1) is 25.7. The van der Waals surface area contributed by atoms with Crippen LogP contribution in [0.1, 0.15) is 46.5 Å². The van der Waals surface area contributed by atoms with Gasteiger partial charge >= 0.3 is 0 Å². The van der Waals surface area contributed by atoms with Crippen LogP contribution >= 0.6 is 0 Å². The van der Waals surface area contributed by atoms with Gasteiger partial charge in [0, 0.05) is 33.4 Å². The third-order valence-electron chi connectivity index (χ3n) is 10.6. The number of allylic oxidation sites excluding steroid dienone is 4. The summed E-state index contributed by atoms with van der Waals surface area (Å²) in [6.45, 7) is 0. The molecular weight excluding hydrogens is 635 g/mol. The van der Waals surface area contributed by atoms with E-state index in [4.69, 9.17) is 14.7 Å². The lowest BCUT2D eigenvalue weighted by Gasteiger charge is -2.39. The van der Waals surface area contributed by atoms with Gasteiger partial charge in [-0.1, -0.05) is 133 Å². The van der Waals surface area contributed by atoms with Crippen LogP contribution in [0.15, 0.2) is 164 Å². The number of fused-ring (bicyclic) bond motifs is 9. The average molecular weight is 666 g/mol. The van der Waals surface area contributed by atoms with Crippen molar-refractivity contribution in [3.8, 4) is 62.3 Å². The number of nitrogens with zero attached hydrogens (tertiary/aromatic N) is 3. The second kappa shape index (κ2) is 11.9. The molecule has 2 aliphatic carbocycles. The highest BCUT2D eigenvalue weighted by Gasteiger charge is 2.51. The predicted molar refractivity (Wildman–Crippen MR) is 207 cm³/mol. The highest BCUT2D eigenvalue weighted by Crippen LogP contribution is 2.62. The van der Waals surface area contributed by atoms with E-state index in [1.165, 1.54) is 0 Å². The molecule has 0 saturated heterocycles. The van der Waals surface area contributed by atoms with Crippen LogP contribution < -0.4 is 4.74 Å². The normalized spacial score (nSPS) is 14.3. The summed E-state index contributed by atoms with van der Waals surface area (Å²) in [5.74, 6) is 2.38. The minimum atomic E-state index is -0.644. The van der Waals surface area contributed by atoms with Crippen molar-refractivity contribution < 1.29 is 4.74 Å². The molecule has 7 aromatic rings. The van der Waals surface area contributed by atoms with Gasteiger partial charge in [-0.2, -0.15) is 5.26 Å². The first-order valence-electron chi connectivity index (χ1n) is 17.7. The molecule has 1 aliphatic heterocycles. The predicted octanol–water partition coefficient (Wildman–Crippen LogP) is 11.6. The highest BCUT2D eigenvalue weighted by molar-refractivity contribution is 5.94. The van der Waals surface area contributed by atoms with Gasteiger partial charge in [-0.25, -0.2) is 9.97 Å². The van der Waals surface area contributed by atoms with Crippen molar-refractivity contribution >= 4 is 5.57 Å². The van der Waals surface area contributed by atoms with Crippen LogP contribution in [0.5, 0.6) is 11.5 Å². The number of hydrogen-bond acceptors (Lipinski definition) is 4. The molecule has 0 N–H and O–H groups in total. The van der Waals surface area contributed by atoms with Crippen LogP contribution in [0.4, 0.5) is 0 Å². The monoisotopic (exact) mass is 665 g/mol. The molecule has 52 heavy (non-hydrogen) atoms. The molecule has 0 unspecified atom stereocenters. The van der Waals surface area contributed by atoms with Crippen molar-refractivity contribution in [2.75, 3.05) is 0 Å². The second-order valence-electron chi connectivity index (χ2n) is 13.5. The standard InChI is InChI=1S/C48H31N3O/c49-30-34-18-13-23-41-46(34)37-28-33(26-27-38(37)48(41)39-21-9-11-24-44(39)52-45-25-12-10-22-40(45)48)35-19-7-8-20-36(35)43-29-42(31-14-3-1-4-15-31)50-47(51-43)32-16-5-2-6-17-32/h1,3-5,7-29H,2,6H2. The lowest BCUT2D eigenvalue weighted by atomic mass is 9.66. The Morgan fingerprint density at radius 3 is 2.00 bits per heavy atom. The van der Waals surface area contributed by atoms with Gasteiger partial charge in [0.25, 0.3) is 0 Å². The van der Waals surface area contributed by atoms with Crippen LogP contribution in [0, 0.1) is 11.3 Å². The van der Waals surface area contributed by atoms with Crippen molar-refractivity contribution in [2.45, 2.75) is 18.3 Å². The number of para-hydroxylation sites is 2. The molecule has 3 aliphatic rings. The fraction of sp³-hybridized carbons (Fsp3) is 0.0625. The fourth-order valence-corrected chi connectivity index (χ4v) is 8.42. The maximum atomic E-state index is 10.5. The second-order valence-corrected chi connectivity index (χ2v) is 13.5. The molecule has 0 radical (unpaired) electrons. The van der Waals surface area contributed by atoms with E-state index in [0.29, 0.717) is 5.56 Å². The number of ether oxygens (including phenoxy) is 1. The van der Waals surface area contributed by atoms with Crippen molar-refractivity contribution in [2.24, 2.45) is 0 Å². The molecule has 0 amide bonds. The number of benzene rings is 6. The van der Waals surface area contributed by atoms with Gasteiger partial charge in [-0.15, -0.1) is 0 Å². The van der Waals surface area contributed by atoms with E-state index in [9.17, 15) is 5.26 Å². The Kier molecular flexibility index (Phi) is 6.87. The topological polar surface area (TPSA) is 58.8 Å². The highest BCUT2D eigenvalue weighted by atomic mass is 16.5. The molecule has 2 heterocycles. The van der Waals surface area contributed by atoms with E-state index in [1.807, 2.05) is 54.6 Å². The molecule has 0 saturated carbocycles. The van der Waals surface area contributed by atoms with Crippen LogP contribution in [0.2, 0.25) is 0 Å². The Morgan fingerprint density at radius 2 is 1.25 bits per heavy atom. The van der Waals surface area contributed by atoms with Crippen molar-refractivity contribution in [3.63, 3.8) is 0 Å². The Morgan fingerprint density at radius 1 is 0.558 bits per heavy atom. The van der Waals surface area contributed by atoms with Crippen LogP contribution in [0.3, 0.4) is 0 Å². The quantitative estimate of drug-likeness (QED) is 0.188. The molecular formula is C48H31N3O. The third kappa shape index (κ3) is 4.46. The number of hydrogen-bond donors (Lipinski definition) is 0. The Bertz CT molecular complexity index is 2640. The molecule has 1 spiro atoms. The Hall–Kier alpha value is -6.83. The van der Waals surface area contributed by atoms with Gasteiger partial charge in [0.05, 0.1) is 28.4 Å². The van der Waals surface area contributed by atoms with Gasteiger partial charge in [-0.3, -0.25) is 0 Å². The summed E-state index contributed by atoms with van der Waals surface area (Å²) in [4.78, 5) is 10.3. The minimum Gasteiger partial charge on any atom is -0.457 e. The average Bonchev–Trinajstić information content (AvgIpc) is 3.51. The zero-order chi connectivity index (χ0) is 34.6. The number of aromatic nitrogens is 2. The van der Waals surface area contributed by atoms with Crippen molar-refractivity contribution in [1.29, 1.82) is 5.26 Å². The molecule has 6 aromatic carbocycles. The molecule has 4 nitrogen and oxygen atoms in total.